The molecule has 0 aromatic rings. The largest absolute Gasteiger partial charge is 0.350 e. The molecule has 4 unspecified atom stereocenters. The van der Waals surface area contributed by atoms with Gasteiger partial charge in [0.25, 0.3) is 0 Å². The first-order valence-corrected chi connectivity index (χ1v) is 11.3. The molecule has 4 heteroatoms. The Balaban J connectivity index is 1.44. The molecule has 5 aliphatic carbocycles. The molecule has 0 aromatic carbocycles. The van der Waals surface area contributed by atoms with Crippen LogP contribution in [0.5, 0.6) is 0 Å². The first-order chi connectivity index (χ1) is 13.3. The fraction of sp³-hybridized carbons (Fsp3) is 0.792. The van der Waals surface area contributed by atoms with Crippen molar-refractivity contribution in [2.45, 2.75) is 71.0 Å². The van der Waals surface area contributed by atoms with E-state index in [1.54, 1.807) is 0 Å². The van der Waals surface area contributed by atoms with Crippen molar-refractivity contribution < 1.29 is 9.18 Å². The maximum Gasteiger partial charge on any atom is 0.226 e. The summed E-state index contributed by atoms with van der Waals surface area (Å²) >= 11 is 0. The summed E-state index contributed by atoms with van der Waals surface area (Å²) in [5, 5.41) is 6.28. The van der Waals surface area contributed by atoms with Gasteiger partial charge in [-0.25, -0.2) is 4.39 Å². The number of hydrogen-bond acceptors (Lipinski definition) is 2. The van der Waals surface area contributed by atoms with Crippen molar-refractivity contribution in [2.24, 2.45) is 34.0 Å². The van der Waals surface area contributed by atoms with Crippen LogP contribution in [0, 0.1) is 34.0 Å². The predicted octanol–water partition coefficient (Wildman–Crippen LogP) is 4.16. The van der Waals surface area contributed by atoms with Crippen LogP contribution >= 0.6 is 0 Å². The number of carbonyl (C=O) groups excluding carboxylic acids is 1. The molecule has 3 nitrogen and oxygen atoms in total. The van der Waals surface area contributed by atoms with E-state index in [0.29, 0.717) is 30.7 Å². The molecule has 6 rings (SSSR count). The van der Waals surface area contributed by atoms with E-state index in [-0.39, 0.29) is 28.2 Å². The molecule has 6 aliphatic rings. The van der Waals surface area contributed by atoms with Gasteiger partial charge in [0.2, 0.25) is 5.91 Å². The number of nitrogens with one attached hydrogen (secondary N) is 2. The summed E-state index contributed by atoms with van der Waals surface area (Å²) < 4.78 is 14.4. The lowest BCUT2D eigenvalue weighted by Gasteiger charge is -2.67. The third kappa shape index (κ3) is 2.89. The number of rotatable bonds is 3. The maximum atomic E-state index is 14.4. The molecular weight excluding hydrogens is 351 g/mol. The maximum absolute atomic E-state index is 14.4. The van der Waals surface area contributed by atoms with Crippen LogP contribution in [0.3, 0.4) is 0 Å². The number of hydrogen-bond donors (Lipinski definition) is 2. The standard InChI is InChI=1S/C24H35FN2O/c1-16-5-3-4-6-18(16)23-10-17-9-22(2,13-23)14-24(11-17,15-23)21(28)27-20-7-8-26-12-19(20)25/h3-6,16-20,26H,7-15H2,1-2H3,(H,27,28)/t16?,17?,18?,19-,20-,22-,23-,24?/m1/s1. The summed E-state index contributed by atoms with van der Waals surface area (Å²) in [5.41, 5.74) is 0.206. The smallest absolute Gasteiger partial charge is 0.226 e. The van der Waals surface area contributed by atoms with Gasteiger partial charge in [-0.3, -0.25) is 4.79 Å². The summed E-state index contributed by atoms with van der Waals surface area (Å²) in [7, 11) is 0. The van der Waals surface area contributed by atoms with Crippen LogP contribution < -0.4 is 10.6 Å². The van der Waals surface area contributed by atoms with E-state index in [4.69, 9.17) is 0 Å². The Labute approximate surface area is 168 Å². The molecule has 1 saturated heterocycles. The number of halogens is 1. The van der Waals surface area contributed by atoms with Gasteiger partial charge in [0.05, 0.1) is 11.5 Å². The van der Waals surface area contributed by atoms with E-state index in [0.717, 1.165) is 25.8 Å². The summed E-state index contributed by atoms with van der Waals surface area (Å²) in [6, 6.07) is -0.318. The van der Waals surface area contributed by atoms with Gasteiger partial charge in [-0.15, -0.1) is 0 Å². The minimum atomic E-state index is -0.970. The quantitative estimate of drug-likeness (QED) is 0.765. The summed E-state index contributed by atoms with van der Waals surface area (Å²) in [6.07, 6.45) is 15.6. The molecule has 4 saturated carbocycles. The zero-order chi connectivity index (χ0) is 19.6. The Bertz CT molecular complexity index is 719. The average Bonchev–Trinajstić information content (AvgIpc) is 2.62. The molecule has 8 atom stereocenters. The van der Waals surface area contributed by atoms with Gasteiger partial charge in [0, 0.05) is 6.54 Å². The molecule has 2 N–H and O–H groups in total. The molecule has 154 valence electrons. The molecule has 0 spiro atoms. The molecule has 28 heavy (non-hydrogen) atoms. The minimum Gasteiger partial charge on any atom is -0.350 e. The van der Waals surface area contributed by atoms with Gasteiger partial charge in [-0.2, -0.15) is 0 Å². The van der Waals surface area contributed by atoms with E-state index in [1.165, 1.54) is 19.3 Å². The lowest BCUT2D eigenvalue weighted by Crippen LogP contribution is -2.64. The van der Waals surface area contributed by atoms with Crippen molar-refractivity contribution in [3.63, 3.8) is 0 Å². The van der Waals surface area contributed by atoms with E-state index < -0.39 is 6.17 Å². The molecule has 0 aromatic heterocycles. The Morgan fingerprint density at radius 2 is 1.96 bits per heavy atom. The van der Waals surface area contributed by atoms with Crippen molar-refractivity contribution in [1.82, 2.24) is 10.6 Å². The second kappa shape index (κ2) is 6.42. The first-order valence-electron chi connectivity index (χ1n) is 11.3. The Morgan fingerprint density at radius 3 is 2.71 bits per heavy atom. The van der Waals surface area contributed by atoms with Gasteiger partial charge < -0.3 is 10.6 Å². The second-order valence-electron chi connectivity index (χ2n) is 11.2. The molecular formula is C24H35FN2O. The zero-order valence-electron chi connectivity index (χ0n) is 17.3. The van der Waals surface area contributed by atoms with Crippen molar-refractivity contribution >= 4 is 5.91 Å². The average molecular weight is 387 g/mol. The molecule has 1 aliphatic heterocycles. The highest BCUT2D eigenvalue weighted by molar-refractivity contribution is 5.84. The van der Waals surface area contributed by atoms with Gasteiger partial charge in [-0.05, 0) is 80.1 Å². The molecule has 5 fully saturated rings. The highest BCUT2D eigenvalue weighted by atomic mass is 19.1. The van der Waals surface area contributed by atoms with E-state index >= 15 is 0 Å². The van der Waals surface area contributed by atoms with Crippen molar-refractivity contribution in [3.05, 3.63) is 24.3 Å². The topological polar surface area (TPSA) is 41.1 Å². The number of piperidine rings is 1. The summed E-state index contributed by atoms with van der Waals surface area (Å²) in [4.78, 5) is 13.6. The van der Waals surface area contributed by atoms with Gasteiger partial charge in [0.15, 0.2) is 0 Å². The van der Waals surface area contributed by atoms with Crippen LogP contribution in [0.15, 0.2) is 24.3 Å². The molecule has 4 bridgehead atoms. The third-order valence-corrected chi connectivity index (χ3v) is 8.71. The van der Waals surface area contributed by atoms with Crippen LogP contribution in [0.2, 0.25) is 0 Å². The lowest BCUT2D eigenvalue weighted by atomic mass is 9.37. The highest BCUT2D eigenvalue weighted by Crippen LogP contribution is 2.72. The Kier molecular flexibility index (Phi) is 4.32. The molecule has 0 radical (unpaired) electrons. The lowest BCUT2D eigenvalue weighted by molar-refractivity contribution is -0.184. The Hall–Kier alpha value is -1.16. The predicted molar refractivity (Wildman–Crippen MR) is 109 cm³/mol. The zero-order valence-corrected chi connectivity index (χ0v) is 17.3. The fourth-order valence-corrected chi connectivity index (χ4v) is 8.41. The van der Waals surface area contributed by atoms with Crippen molar-refractivity contribution in [3.8, 4) is 0 Å². The minimum absolute atomic E-state index is 0.157. The second-order valence-corrected chi connectivity index (χ2v) is 11.2. The van der Waals surface area contributed by atoms with Crippen molar-refractivity contribution in [2.75, 3.05) is 13.1 Å². The SMILES string of the molecule is CC1C=CC=CC1[C@]12CC3CC(C(=O)N[C@@H]4CCNC[C@H]4F)(C[C@](C)(C3)C1)C2. The van der Waals surface area contributed by atoms with Gasteiger partial charge in [-0.1, -0.05) is 38.2 Å². The molecule has 1 amide bonds. The summed E-state index contributed by atoms with van der Waals surface area (Å²) in [5.74, 6) is 1.86. The number of allylic oxidation sites excluding steroid dienone is 4. The monoisotopic (exact) mass is 386 g/mol. The van der Waals surface area contributed by atoms with Crippen LogP contribution in [-0.2, 0) is 4.79 Å². The Morgan fingerprint density at radius 1 is 1.14 bits per heavy atom. The number of amides is 1. The third-order valence-electron chi connectivity index (χ3n) is 8.71. The van der Waals surface area contributed by atoms with E-state index in [2.05, 4.69) is 48.8 Å². The highest BCUT2D eigenvalue weighted by Gasteiger charge is 2.66. The summed E-state index contributed by atoms with van der Waals surface area (Å²) in [6.45, 7) is 5.91. The van der Waals surface area contributed by atoms with Crippen LogP contribution in [-0.4, -0.2) is 31.2 Å². The van der Waals surface area contributed by atoms with Gasteiger partial charge in [0.1, 0.15) is 6.17 Å². The first kappa shape index (κ1) is 18.8. The fourth-order valence-electron chi connectivity index (χ4n) is 8.41. The van der Waals surface area contributed by atoms with Crippen molar-refractivity contribution in [1.29, 1.82) is 0 Å². The van der Waals surface area contributed by atoms with Crippen LogP contribution in [0.4, 0.5) is 4.39 Å². The normalized spacial score (nSPS) is 52.0. The van der Waals surface area contributed by atoms with E-state index in [1.807, 2.05) is 0 Å². The molecule has 1 heterocycles. The van der Waals surface area contributed by atoms with Crippen LogP contribution in [0.1, 0.15) is 58.8 Å². The van der Waals surface area contributed by atoms with Gasteiger partial charge >= 0.3 is 0 Å². The number of alkyl halides is 1. The number of carbonyl (C=O) groups is 1. The van der Waals surface area contributed by atoms with E-state index in [9.17, 15) is 9.18 Å². The van der Waals surface area contributed by atoms with Crippen LogP contribution in [0.25, 0.3) is 0 Å².